The summed E-state index contributed by atoms with van der Waals surface area (Å²) < 4.78 is 0. The number of hydrogen-bond acceptors (Lipinski definition) is 5. The Morgan fingerprint density at radius 1 is 1.23 bits per heavy atom. The molecule has 1 aromatic heterocycles. The maximum absolute atomic E-state index is 5.67. The summed E-state index contributed by atoms with van der Waals surface area (Å²) in [6, 6.07) is 0. The molecular weight excluding hydrogens is 190 g/mol. The van der Waals surface area contributed by atoms with Crippen molar-refractivity contribution in [2.24, 2.45) is 0 Å². The largest absolute Gasteiger partial charge is 0.383 e. The van der Waals surface area contributed by atoms with Gasteiger partial charge in [-0.05, 0) is 0 Å². The van der Waals surface area contributed by atoms with Crippen molar-refractivity contribution in [3.05, 3.63) is 11.3 Å². The molecule has 0 atom stereocenters. The fourth-order valence-electron chi connectivity index (χ4n) is 1.39. The van der Waals surface area contributed by atoms with Gasteiger partial charge in [-0.3, -0.25) is 0 Å². The molecule has 2 rings (SSSR count). The van der Waals surface area contributed by atoms with Crippen molar-refractivity contribution in [3.63, 3.8) is 0 Å². The van der Waals surface area contributed by atoms with Crippen LogP contribution < -0.4 is 16.8 Å². The summed E-state index contributed by atoms with van der Waals surface area (Å²) in [5, 5.41) is 3.20. The first-order chi connectivity index (χ1) is 5.77. The van der Waals surface area contributed by atoms with Crippen LogP contribution in [-0.2, 0) is 13.0 Å². The molecule has 13 heavy (non-hydrogen) atoms. The van der Waals surface area contributed by atoms with Crippen molar-refractivity contribution in [3.8, 4) is 0 Å². The van der Waals surface area contributed by atoms with Gasteiger partial charge in [0.25, 0.3) is 0 Å². The maximum atomic E-state index is 5.67. The predicted octanol–water partition coefficient (Wildman–Crippen LogP) is -0.292. The molecule has 1 aliphatic heterocycles. The van der Waals surface area contributed by atoms with Crippen LogP contribution in [0, 0.1) is 0 Å². The normalized spacial score (nSPS) is 14.5. The van der Waals surface area contributed by atoms with E-state index in [-0.39, 0.29) is 18.4 Å². The van der Waals surface area contributed by atoms with E-state index in [1.807, 2.05) is 0 Å². The molecule has 1 aromatic rings. The second kappa shape index (κ2) is 3.76. The van der Waals surface area contributed by atoms with Gasteiger partial charge in [0.05, 0.1) is 5.69 Å². The molecule has 0 saturated carbocycles. The molecule has 72 valence electrons. The lowest BCUT2D eigenvalue weighted by Crippen LogP contribution is -2.26. The van der Waals surface area contributed by atoms with Crippen molar-refractivity contribution in [2.45, 2.75) is 13.0 Å². The third-order valence-corrected chi connectivity index (χ3v) is 1.98. The summed E-state index contributed by atoms with van der Waals surface area (Å²) in [5.41, 5.74) is 13.1. The van der Waals surface area contributed by atoms with Crippen molar-refractivity contribution in [2.75, 3.05) is 18.0 Å². The van der Waals surface area contributed by atoms with Gasteiger partial charge >= 0.3 is 0 Å². The van der Waals surface area contributed by atoms with Crippen LogP contribution in [0.4, 0.5) is 11.8 Å². The number of nitrogens with zero attached hydrogens (tertiary/aromatic N) is 2. The lowest BCUT2D eigenvalue weighted by molar-refractivity contribution is 0.629. The first kappa shape index (κ1) is 10.0. The van der Waals surface area contributed by atoms with Gasteiger partial charge in [0, 0.05) is 25.1 Å². The van der Waals surface area contributed by atoms with Crippen LogP contribution in [0.2, 0.25) is 0 Å². The monoisotopic (exact) mass is 201 g/mol. The molecule has 0 bridgehead atoms. The van der Waals surface area contributed by atoms with E-state index in [4.69, 9.17) is 11.5 Å². The first-order valence-electron chi connectivity index (χ1n) is 3.89. The number of halogens is 1. The van der Waals surface area contributed by atoms with Gasteiger partial charge in [-0.25, -0.2) is 4.98 Å². The van der Waals surface area contributed by atoms with Crippen LogP contribution in [0.25, 0.3) is 0 Å². The molecule has 2 heterocycles. The highest BCUT2D eigenvalue weighted by molar-refractivity contribution is 5.85. The molecule has 0 spiro atoms. The Kier molecular flexibility index (Phi) is 2.90. The summed E-state index contributed by atoms with van der Waals surface area (Å²) in [7, 11) is 0. The molecule has 6 heteroatoms. The topological polar surface area (TPSA) is 89.8 Å². The van der Waals surface area contributed by atoms with Gasteiger partial charge in [-0.1, -0.05) is 0 Å². The van der Waals surface area contributed by atoms with E-state index in [0.29, 0.717) is 5.82 Å². The van der Waals surface area contributed by atoms with E-state index in [1.54, 1.807) is 0 Å². The molecule has 0 amide bonds. The Labute approximate surface area is 82.3 Å². The van der Waals surface area contributed by atoms with Gasteiger partial charge in [-0.2, -0.15) is 4.98 Å². The van der Waals surface area contributed by atoms with Crippen molar-refractivity contribution in [1.29, 1.82) is 0 Å². The van der Waals surface area contributed by atoms with Crippen molar-refractivity contribution < 1.29 is 0 Å². The second-order valence-corrected chi connectivity index (χ2v) is 2.82. The number of aromatic nitrogens is 2. The lowest BCUT2D eigenvalue weighted by atomic mass is 10.1. The molecular formula is C7H12ClN5. The summed E-state index contributed by atoms with van der Waals surface area (Å²) >= 11 is 0. The highest BCUT2D eigenvalue weighted by Crippen LogP contribution is 2.17. The zero-order chi connectivity index (χ0) is 8.55. The minimum atomic E-state index is 0. The Balaban J connectivity index is 0.000000845. The molecule has 0 saturated heterocycles. The summed E-state index contributed by atoms with van der Waals surface area (Å²) in [6.07, 6.45) is 0.881. The fraction of sp³-hybridized carbons (Fsp3) is 0.429. The van der Waals surface area contributed by atoms with Gasteiger partial charge < -0.3 is 16.8 Å². The van der Waals surface area contributed by atoms with Crippen LogP contribution >= 0.6 is 12.4 Å². The highest BCUT2D eigenvalue weighted by atomic mass is 35.5. The van der Waals surface area contributed by atoms with Gasteiger partial charge in [-0.15, -0.1) is 12.4 Å². The number of rotatable bonds is 0. The summed E-state index contributed by atoms with van der Waals surface area (Å²) in [5.74, 6) is 0.776. The van der Waals surface area contributed by atoms with Gasteiger partial charge in [0.15, 0.2) is 0 Å². The summed E-state index contributed by atoms with van der Waals surface area (Å²) in [6.45, 7) is 1.68. The first-order valence-corrected chi connectivity index (χ1v) is 3.89. The van der Waals surface area contributed by atoms with Crippen LogP contribution in [0.3, 0.4) is 0 Å². The molecule has 0 aliphatic carbocycles. The number of anilines is 2. The Morgan fingerprint density at radius 3 is 2.77 bits per heavy atom. The quantitative estimate of drug-likeness (QED) is 0.537. The fourth-order valence-corrected chi connectivity index (χ4v) is 1.39. The Hall–Kier alpha value is -1.07. The SMILES string of the molecule is Cl.Nc1nc(N)c2c(n1)CCNC2. The van der Waals surface area contributed by atoms with E-state index < -0.39 is 0 Å². The average molecular weight is 202 g/mol. The zero-order valence-corrected chi connectivity index (χ0v) is 7.90. The lowest BCUT2D eigenvalue weighted by Gasteiger charge is -2.17. The molecule has 0 unspecified atom stereocenters. The summed E-state index contributed by atoms with van der Waals surface area (Å²) in [4.78, 5) is 8.01. The van der Waals surface area contributed by atoms with Crippen LogP contribution in [0.5, 0.6) is 0 Å². The van der Waals surface area contributed by atoms with Crippen LogP contribution in [-0.4, -0.2) is 16.5 Å². The van der Waals surface area contributed by atoms with E-state index in [2.05, 4.69) is 15.3 Å². The second-order valence-electron chi connectivity index (χ2n) is 2.82. The average Bonchev–Trinajstić information content (AvgIpc) is 2.04. The van der Waals surface area contributed by atoms with Gasteiger partial charge in [0.2, 0.25) is 5.95 Å². The number of nitrogen functional groups attached to an aromatic ring is 2. The molecule has 0 fully saturated rings. The molecule has 0 aromatic carbocycles. The Morgan fingerprint density at radius 2 is 2.00 bits per heavy atom. The number of hydrogen-bond donors (Lipinski definition) is 3. The zero-order valence-electron chi connectivity index (χ0n) is 7.08. The van der Waals surface area contributed by atoms with Crippen molar-refractivity contribution >= 4 is 24.2 Å². The standard InChI is InChI=1S/C7H11N5.ClH/c8-6-4-3-10-2-1-5(4)11-7(9)12-6;/h10H,1-3H2,(H4,8,9,11,12);1H. The van der Waals surface area contributed by atoms with Crippen LogP contribution in [0.1, 0.15) is 11.3 Å². The minimum Gasteiger partial charge on any atom is -0.383 e. The highest BCUT2D eigenvalue weighted by Gasteiger charge is 2.14. The smallest absolute Gasteiger partial charge is 0.222 e. The molecule has 5 N–H and O–H groups in total. The third kappa shape index (κ3) is 1.81. The number of nitrogens with two attached hydrogens (primary N) is 2. The van der Waals surface area contributed by atoms with Crippen molar-refractivity contribution in [1.82, 2.24) is 15.3 Å². The van der Waals surface area contributed by atoms with E-state index >= 15 is 0 Å². The maximum Gasteiger partial charge on any atom is 0.222 e. The predicted molar refractivity (Wildman–Crippen MR) is 53.5 cm³/mol. The van der Waals surface area contributed by atoms with E-state index in [1.165, 1.54) is 0 Å². The number of nitrogens with one attached hydrogen (secondary N) is 1. The van der Waals surface area contributed by atoms with Gasteiger partial charge in [0.1, 0.15) is 5.82 Å². The van der Waals surface area contributed by atoms with E-state index in [0.717, 1.165) is 30.8 Å². The molecule has 0 radical (unpaired) electrons. The minimum absolute atomic E-state index is 0. The third-order valence-electron chi connectivity index (χ3n) is 1.98. The van der Waals surface area contributed by atoms with E-state index in [9.17, 15) is 0 Å². The molecule has 5 nitrogen and oxygen atoms in total. The number of fused-ring (bicyclic) bond motifs is 1. The van der Waals surface area contributed by atoms with Crippen LogP contribution in [0.15, 0.2) is 0 Å². The Bertz CT molecular complexity index is 314. The molecule has 1 aliphatic rings.